The Labute approximate surface area is 91.4 Å². The van der Waals surface area contributed by atoms with E-state index in [4.69, 9.17) is 0 Å². The molecule has 2 heterocycles. The maximum Gasteiger partial charge on any atom is 0.348 e. The molecule has 3 rings (SSSR count). The van der Waals surface area contributed by atoms with Crippen LogP contribution in [0, 0.1) is 0 Å². The Morgan fingerprint density at radius 2 is 2.00 bits per heavy atom. The first kappa shape index (κ1) is 9.15. The van der Waals surface area contributed by atoms with Crippen molar-refractivity contribution < 1.29 is 14.3 Å². The molecule has 16 heavy (non-hydrogen) atoms. The van der Waals surface area contributed by atoms with Gasteiger partial charge in [0, 0.05) is 23.6 Å². The van der Waals surface area contributed by atoms with E-state index in [9.17, 15) is 9.59 Å². The Balaban J connectivity index is 2.44. The minimum absolute atomic E-state index is 0.159. The van der Waals surface area contributed by atoms with Crippen molar-refractivity contribution in [3.8, 4) is 0 Å². The van der Waals surface area contributed by atoms with Gasteiger partial charge in [-0.3, -0.25) is 4.79 Å². The number of cyclic esters (lactones) is 2. The number of benzene rings is 1. The number of nitrogens with zero attached hydrogens (tertiary/aromatic N) is 1. The van der Waals surface area contributed by atoms with E-state index < -0.39 is 11.9 Å². The van der Waals surface area contributed by atoms with Crippen LogP contribution in [0.1, 0.15) is 16.1 Å². The summed E-state index contributed by atoms with van der Waals surface area (Å²) in [5.74, 6) is -1.02. The van der Waals surface area contributed by atoms with Crippen molar-refractivity contribution in [2.75, 3.05) is 0 Å². The molecule has 4 nitrogen and oxygen atoms in total. The minimum Gasteiger partial charge on any atom is -0.389 e. The lowest BCUT2D eigenvalue weighted by molar-refractivity contribution is -0.137. The zero-order chi connectivity index (χ0) is 11.3. The molecule has 1 aromatic carbocycles. The van der Waals surface area contributed by atoms with E-state index in [2.05, 4.69) is 4.74 Å². The molecule has 0 spiro atoms. The topological polar surface area (TPSA) is 48.3 Å². The number of esters is 2. The highest BCUT2D eigenvalue weighted by Crippen LogP contribution is 2.29. The van der Waals surface area contributed by atoms with Crippen molar-refractivity contribution in [3.63, 3.8) is 0 Å². The first-order chi connectivity index (χ1) is 7.68. The van der Waals surface area contributed by atoms with Crippen LogP contribution in [0.25, 0.3) is 10.9 Å². The maximum atomic E-state index is 11.7. The van der Waals surface area contributed by atoms with Crippen LogP contribution in [0.15, 0.2) is 24.3 Å². The fourth-order valence-electron chi connectivity index (χ4n) is 2.21. The van der Waals surface area contributed by atoms with Crippen LogP contribution >= 0.6 is 0 Å². The number of carbonyl (C=O) groups is 2. The van der Waals surface area contributed by atoms with E-state index in [0.29, 0.717) is 5.56 Å². The van der Waals surface area contributed by atoms with Crippen molar-refractivity contribution in [3.05, 3.63) is 35.5 Å². The lowest BCUT2D eigenvalue weighted by atomic mass is 10.1. The first-order valence-corrected chi connectivity index (χ1v) is 5.00. The van der Waals surface area contributed by atoms with Crippen LogP contribution in [0.2, 0.25) is 0 Å². The second kappa shape index (κ2) is 2.95. The van der Waals surface area contributed by atoms with Crippen LogP contribution in [0.4, 0.5) is 0 Å². The van der Waals surface area contributed by atoms with Gasteiger partial charge in [0.25, 0.3) is 0 Å². The molecule has 0 fully saturated rings. The third-order valence-corrected chi connectivity index (χ3v) is 2.95. The van der Waals surface area contributed by atoms with Crippen LogP contribution in [-0.4, -0.2) is 16.5 Å². The summed E-state index contributed by atoms with van der Waals surface area (Å²) in [6.45, 7) is 0. The summed E-state index contributed by atoms with van der Waals surface area (Å²) in [5.41, 5.74) is 2.21. The number of rotatable bonds is 0. The number of hydrogen-bond acceptors (Lipinski definition) is 3. The van der Waals surface area contributed by atoms with Crippen LogP contribution < -0.4 is 0 Å². The number of ether oxygens (including phenoxy) is 1. The molecule has 1 aliphatic heterocycles. The largest absolute Gasteiger partial charge is 0.389 e. The van der Waals surface area contributed by atoms with Crippen molar-refractivity contribution in [2.45, 2.75) is 6.42 Å². The molecule has 80 valence electrons. The number of fused-ring (bicyclic) bond motifs is 3. The van der Waals surface area contributed by atoms with Gasteiger partial charge in [0.15, 0.2) is 0 Å². The van der Waals surface area contributed by atoms with Crippen molar-refractivity contribution in [1.29, 1.82) is 0 Å². The smallest absolute Gasteiger partial charge is 0.348 e. The van der Waals surface area contributed by atoms with Crippen molar-refractivity contribution in [1.82, 2.24) is 4.57 Å². The van der Waals surface area contributed by atoms with E-state index in [1.165, 1.54) is 0 Å². The predicted molar refractivity (Wildman–Crippen MR) is 57.0 cm³/mol. The van der Waals surface area contributed by atoms with Crippen molar-refractivity contribution >= 4 is 22.8 Å². The van der Waals surface area contributed by atoms with Gasteiger partial charge in [0.05, 0.1) is 12.0 Å². The Morgan fingerprint density at radius 1 is 1.25 bits per heavy atom. The van der Waals surface area contributed by atoms with Crippen LogP contribution in [-0.2, 0) is 23.0 Å². The number of aromatic nitrogens is 1. The lowest BCUT2D eigenvalue weighted by Gasteiger charge is -2.11. The maximum absolute atomic E-state index is 11.7. The predicted octanol–water partition coefficient (Wildman–Crippen LogP) is 1.42. The Morgan fingerprint density at radius 3 is 2.81 bits per heavy atom. The van der Waals surface area contributed by atoms with E-state index in [1.54, 1.807) is 0 Å². The van der Waals surface area contributed by atoms with Gasteiger partial charge in [-0.25, -0.2) is 4.79 Å². The summed E-state index contributed by atoms with van der Waals surface area (Å²) in [6.07, 6.45) is 0.159. The summed E-state index contributed by atoms with van der Waals surface area (Å²) in [7, 11) is 1.85. The lowest BCUT2D eigenvalue weighted by Crippen LogP contribution is -2.23. The number of para-hydroxylation sites is 1. The molecule has 0 saturated carbocycles. The Bertz CT molecular complexity index is 624. The summed E-state index contributed by atoms with van der Waals surface area (Å²) in [6, 6.07) is 7.56. The summed E-state index contributed by atoms with van der Waals surface area (Å²) in [5, 5.41) is 0.845. The van der Waals surface area contributed by atoms with Gasteiger partial charge in [-0.15, -0.1) is 0 Å². The van der Waals surface area contributed by atoms with Gasteiger partial charge in [0.2, 0.25) is 0 Å². The van der Waals surface area contributed by atoms with Crippen LogP contribution in [0.3, 0.4) is 0 Å². The average Bonchev–Trinajstić information content (AvgIpc) is 2.54. The average molecular weight is 215 g/mol. The molecule has 0 bridgehead atoms. The monoisotopic (exact) mass is 215 g/mol. The summed E-state index contributed by atoms with van der Waals surface area (Å²) in [4.78, 5) is 22.9. The number of carbonyl (C=O) groups excluding carboxylic acids is 2. The number of hydrogen-bond donors (Lipinski definition) is 0. The van der Waals surface area contributed by atoms with Gasteiger partial charge in [-0.1, -0.05) is 18.2 Å². The molecule has 0 amide bonds. The standard InChI is InChI=1S/C12H9NO3/c1-13-8-5-3-2-4-7(8)11-9(13)6-10(14)16-12(11)15/h2-5H,6H2,1H3. The zero-order valence-electron chi connectivity index (χ0n) is 8.69. The van der Waals surface area contributed by atoms with Gasteiger partial charge in [0.1, 0.15) is 0 Å². The molecule has 0 saturated heterocycles. The van der Waals surface area contributed by atoms with Gasteiger partial charge in [-0.2, -0.15) is 0 Å². The second-order valence-electron chi connectivity index (χ2n) is 3.84. The second-order valence-corrected chi connectivity index (χ2v) is 3.84. The van der Waals surface area contributed by atoms with Crippen molar-refractivity contribution in [2.24, 2.45) is 7.05 Å². The molecular weight excluding hydrogens is 206 g/mol. The van der Waals surface area contributed by atoms with E-state index in [0.717, 1.165) is 16.6 Å². The summed E-state index contributed by atoms with van der Waals surface area (Å²) >= 11 is 0. The highest BCUT2D eigenvalue weighted by atomic mass is 16.6. The van der Waals surface area contributed by atoms with E-state index in [1.807, 2.05) is 35.9 Å². The van der Waals surface area contributed by atoms with Crippen LogP contribution in [0.5, 0.6) is 0 Å². The fraction of sp³-hybridized carbons (Fsp3) is 0.167. The van der Waals surface area contributed by atoms with E-state index in [-0.39, 0.29) is 6.42 Å². The molecule has 0 N–H and O–H groups in total. The van der Waals surface area contributed by atoms with Gasteiger partial charge in [-0.05, 0) is 6.07 Å². The minimum atomic E-state index is -0.539. The third-order valence-electron chi connectivity index (χ3n) is 2.95. The Kier molecular flexibility index (Phi) is 1.68. The molecule has 2 aromatic rings. The molecule has 0 aliphatic carbocycles. The first-order valence-electron chi connectivity index (χ1n) is 5.00. The zero-order valence-corrected chi connectivity index (χ0v) is 8.69. The molecule has 0 radical (unpaired) electrons. The highest BCUT2D eigenvalue weighted by Gasteiger charge is 2.30. The molecule has 1 aliphatic rings. The fourth-order valence-corrected chi connectivity index (χ4v) is 2.21. The molecule has 4 heteroatoms. The summed E-state index contributed by atoms with van der Waals surface area (Å²) < 4.78 is 6.52. The molecular formula is C12H9NO3. The molecule has 0 atom stereocenters. The van der Waals surface area contributed by atoms with Gasteiger partial charge < -0.3 is 9.30 Å². The highest BCUT2D eigenvalue weighted by molar-refractivity contribution is 6.11. The molecule has 0 unspecified atom stereocenters. The normalized spacial score (nSPS) is 15.1. The quantitative estimate of drug-likeness (QED) is 0.493. The number of aryl methyl sites for hydroxylation is 1. The SMILES string of the molecule is Cn1c2c(c3ccccc31)C(=O)OC(=O)C2. The molecule has 1 aromatic heterocycles. The third kappa shape index (κ3) is 1.04. The van der Waals surface area contributed by atoms with Gasteiger partial charge >= 0.3 is 11.9 Å². The Hall–Kier alpha value is -2.10. The van der Waals surface area contributed by atoms with E-state index >= 15 is 0 Å².